The average Bonchev–Trinajstić information content (AvgIpc) is 2.91. The molecule has 11 heteroatoms. The van der Waals surface area contributed by atoms with Crippen molar-refractivity contribution in [1.82, 2.24) is 20.9 Å². The third-order valence-electron chi connectivity index (χ3n) is 8.11. The minimum atomic E-state index is -4.96. The van der Waals surface area contributed by atoms with Crippen LogP contribution in [0, 0.1) is 11.8 Å². The van der Waals surface area contributed by atoms with Gasteiger partial charge in [0.2, 0.25) is 0 Å². The van der Waals surface area contributed by atoms with Crippen molar-refractivity contribution in [2.45, 2.75) is 82.0 Å². The highest BCUT2D eigenvalue weighted by molar-refractivity contribution is 6.30. The summed E-state index contributed by atoms with van der Waals surface area (Å²) in [6.45, 7) is 1.31. The van der Waals surface area contributed by atoms with Gasteiger partial charge in [-0.15, -0.1) is 0 Å². The molecule has 0 radical (unpaired) electrons. The van der Waals surface area contributed by atoms with Gasteiger partial charge in [-0.2, -0.15) is 13.2 Å². The van der Waals surface area contributed by atoms with E-state index in [9.17, 15) is 27.9 Å². The van der Waals surface area contributed by atoms with Gasteiger partial charge in [0, 0.05) is 43.2 Å². The molecule has 1 heterocycles. The van der Waals surface area contributed by atoms with Crippen LogP contribution in [0.4, 0.5) is 18.0 Å². The maximum absolute atomic E-state index is 13.3. The second-order valence-electron chi connectivity index (χ2n) is 11.0. The smallest absolute Gasteiger partial charge is 0.385 e. The van der Waals surface area contributed by atoms with Gasteiger partial charge >= 0.3 is 18.1 Å². The fraction of sp³-hybridized carbons (Fsp3) is 0.714. The predicted octanol–water partition coefficient (Wildman–Crippen LogP) is 4.97. The molecule has 1 aliphatic heterocycles. The van der Waals surface area contributed by atoms with Crippen LogP contribution in [0.2, 0.25) is 5.02 Å². The number of likely N-dealkylation sites (N-methyl/N-ethyl adjacent to an activating group) is 1. The summed E-state index contributed by atoms with van der Waals surface area (Å²) >= 11 is 6.22. The molecule has 3 atom stereocenters. The van der Waals surface area contributed by atoms with Crippen LogP contribution in [0.15, 0.2) is 24.3 Å². The Morgan fingerprint density at radius 3 is 2.56 bits per heavy atom. The molecule has 0 spiro atoms. The van der Waals surface area contributed by atoms with Crippen LogP contribution in [0.1, 0.15) is 69.8 Å². The van der Waals surface area contributed by atoms with Crippen LogP contribution in [0.5, 0.6) is 0 Å². The van der Waals surface area contributed by atoms with Gasteiger partial charge in [0.05, 0.1) is 5.60 Å². The van der Waals surface area contributed by atoms with Crippen molar-refractivity contribution in [3.8, 4) is 0 Å². The van der Waals surface area contributed by atoms with Gasteiger partial charge in [-0.25, -0.2) is 4.79 Å². The first-order valence-corrected chi connectivity index (χ1v) is 14.4. The number of benzene rings is 1. The number of amides is 3. The predicted molar refractivity (Wildman–Crippen MR) is 145 cm³/mol. The van der Waals surface area contributed by atoms with Crippen molar-refractivity contribution in [1.29, 1.82) is 0 Å². The first-order valence-electron chi connectivity index (χ1n) is 14.1. The van der Waals surface area contributed by atoms with Gasteiger partial charge in [-0.05, 0) is 62.8 Å². The Balaban J connectivity index is 1.68. The Labute approximate surface area is 234 Å². The SMILES string of the molecule is CNCC(CC1CCCCC1)NC(=O)N1CCCC(C(O)(CCCNC(=O)C(F)(F)F)c2cccc(Cl)c2)C1. The lowest BCUT2D eigenvalue weighted by Gasteiger charge is -2.43. The summed E-state index contributed by atoms with van der Waals surface area (Å²) in [4.78, 5) is 26.3. The van der Waals surface area contributed by atoms with Gasteiger partial charge in [0.15, 0.2) is 0 Å². The number of rotatable bonds is 11. The summed E-state index contributed by atoms with van der Waals surface area (Å²) in [6, 6.07) is 6.64. The number of aliphatic hydroxyl groups is 1. The number of halogens is 4. The van der Waals surface area contributed by atoms with Crippen molar-refractivity contribution < 1.29 is 27.9 Å². The summed E-state index contributed by atoms with van der Waals surface area (Å²) in [6.07, 6.45) is 3.67. The van der Waals surface area contributed by atoms with Crippen LogP contribution >= 0.6 is 11.6 Å². The topological polar surface area (TPSA) is 93.7 Å². The monoisotopic (exact) mass is 574 g/mol. The van der Waals surface area contributed by atoms with E-state index in [1.54, 1.807) is 29.2 Å². The third kappa shape index (κ3) is 9.25. The number of carbonyl (C=O) groups excluding carboxylic acids is 2. The van der Waals surface area contributed by atoms with Crippen molar-refractivity contribution in [3.05, 3.63) is 34.9 Å². The summed E-state index contributed by atoms with van der Waals surface area (Å²) < 4.78 is 37.7. The molecule has 2 aliphatic rings. The molecule has 3 unspecified atom stereocenters. The van der Waals surface area contributed by atoms with E-state index in [0.717, 1.165) is 6.42 Å². The van der Waals surface area contributed by atoms with E-state index in [1.807, 2.05) is 12.4 Å². The summed E-state index contributed by atoms with van der Waals surface area (Å²) in [5.41, 5.74) is -0.881. The first-order chi connectivity index (χ1) is 18.5. The van der Waals surface area contributed by atoms with Crippen molar-refractivity contribution in [2.24, 2.45) is 11.8 Å². The minimum Gasteiger partial charge on any atom is -0.385 e. The minimum absolute atomic E-state index is 0.00929. The summed E-state index contributed by atoms with van der Waals surface area (Å²) in [5, 5.41) is 20.7. The molecule has 1 aliphatic carbocycles. The molecule has 39 heavy (non-hydrogen) atoms. The Morgan fingerprint density at radius 2 is 1.90 bits per heavy atom. The second-order valence-corrected chi connectivity index (χ2v) is 11.5. The largest absolute Gasteiger partial charge is 0.471 e. The van der Waals surface area contributed by atoms with Crippen molar-refractivity contribution in [3.63, 3.8) is 0 Å². The van der Waals surface area contributed by atoms with Crippen LogP contribution < -0.4 is 16.0 Å². The van der Waals surface area contributed by atoms with E-state index in [2.05, 4.69) is 10.6 Å². The van der Waals surface area contributed by atoms with E-state index >= 15 is 0 Å². The second kappa shape index (κ2) is 14.6. The molecule has 1 saturated carbocycles. The Morgan fingerprint density at radius 1 is 1.15 bits per heavy atom. The maximum Gasteiger partial charge on any atom is 0.471 e. The van der Waals surface area contributed by atoms with Crippen LogP contribution in [0.3, 0.4) is 0 Å². The zero-order chi connectivity index (χ0) is 28.5. The zero-order valence-corrected chi connectivity index (χ0v) is 23.4. The number of piperidine rings is 1. The Bertz CT molecular complexity index is 945. The van der Waals surface area contributed by atoms with Gasteiger partial charge in [0.25, 0.3) is 0 Å². The number of urea groups is 1. The van der Waals surface area contributed by atoms with Gasteiger partial charge < -0.3 is 26.0 Å². The lowest BCUT2D eigenvalue weighted by molar-refractivity contribution is -0.173. The molecule has 3 amide bonds. The molecule has 1 aromatic rings. The number of hydrogen-bond acceptors (Lipinski definition) is 4. The van der Waals surface area contributed by atoms with Gasteiger partial charge in [-0.1, -0.05) is 55.8 Å². The Kier molecular flexibility index (Phi) is 11.7. The number of alkyl halides is 3. The van der Waals surface area contributed by atoms with E-state index in [-0.39, 0.29) is 37.4 Å². The lowest BCUT2D eigenvalue weighted by atomic mass is 9.74. The standard InChI is InChI=1S/C28H42ClF3N4O3/c1-33-18-24(16-20-8-3-2-4-9-20)35-26(38)36-15-6-11-22(19-36)27(39,21-10-5-12-23(29)17-21)13-7-14-34-25(37)28(30,31)32/h5,10,12,17,20,22,24,33,39H,2-4,6-9,11,13-16,18-19H2,1H3,(H,34,37)(H,35,38). The maximum atomic E-state index is 13.3. The fourth-order valence-corrected chi connectivity index (χ4v) is 6.27. The molecule has 0 bridgehead atoms. The normalized spacial score (nSPS) is 21.2. The molecular formula is C28H42ClF3N4O3. The molecule has 7 nitrogen and oxygen atoms in total. The number of nitrogens with one attached hydrogen (secondary N) is 3. The van der Waals surface area contributed by atoms with E-state index in [0.29, 0.717) is 49.0 Å². The van der Waals surface area contributed by atoms with Gasteiger partial charge in [0.1, 0.15) is 0 Å². The number of hydrogen-bond donors (Lipinski definition) is 4. The molecule has 1 aromatic carbocycles. The van der Waals surface area contributed by atoms with E-state index in [4.69, 9.17) is 11.6 Å². The highest BCUT2D eigenvalue weighted by Crippen LogP contribution is 2.40. The number of nitrogens with zero attached hydrogens (tertiary/aromatic N) is 1. The highest BCUT2D eigenvalue weighted by Gasteiger charge is 2.42. The molecule has 4 N–H and O–H groups in total. The first kappa shape index (κ1) is 31.5. The quantitative estimate of drug-likeness (QED) is 0.281. The van der Waals surface area contributed by atoms with E-state index in [1.165, 1.54) is 32.1 Å². The third-order valence-corrected chi connectivity index (χ3v) is 8.34. The summed E-state index contributed by atoms with van der Waals surface area (Å²) in [7, 11) is 1.87. The van der Waals surface area contributed by atoms with Crippen LogP contribution in [-0.2, 0) is 10.4 Å². The molecule has 220 valence electrons. The molecule has 2 fully saturated rings. The number of likely N-dealkylation sites (tertiary alicyclic amines) is 1. The van der Waals surface area contributed by atoms with Gasteiger partial charge in [-0.3, -0.25) is 4.79 Å². The van der Waals surface area contributed by atoms with E-state index < -0.39 is 17.7 Å². The summed E-state index contributed by atoms with van der Waals surface area (Å²) in [5.74, 6) is -1.74. The fourth-order valence-electron chi connectivity index (χ4n) is 6.08. The zero-order valence-electron chi connectivity index (χ0n) is 22.7. The van der Waals surface area contributed by atoms with Crippen molar-refractivity contribution >= 4 is 23.5 Å². The lowest BCUT2D eigenvalue weighted by Crippen LogP contribution is -2.54. The molecule has 3 rings (SSSR count). The molecular weight excluding hydrogens is 533 g/mol. The van der Waals surface area contributed by atoms with Crippen LogP contribution in [-0.4, -0.2) is 67.4 Å². The van der Waals surface area contributed by atoms with Crippen LogP contribution in [0.25, 0.3) is 0 Å². The van der Waals surface area contributed by atoms with Crippen molar-refractivity contribution in [2.75, 3.05) is 33.2 Å². The average molecular weight is 575 g/mol. The highest BCUT2D eigenvalue weighted by atomic mass is 35.5. The Hall–Kier alpha value is -2.04. The molecule has 1 saturated heterocycles. The molecule has 0 aromatic heterocycles. The number of carbonyl (C=O) groups is 2.